The maximum Gasteiger partial charge on any atom is 0.319 e. The number of carbonyl (C=O) groups excluding carboxylic acids is 1. The second-order valence-electron chi connectivity index (χ2n) is 7.93. The molecule has 0 aliphatic heterocycles. The number of urea groups is 1. The van der Waals surface area contributed by atoms with Crippen molar-refractivity contribution >= 4 is 32.5 Å². The Bertz CT molecular complexity index is 1400. The van der Waals surface area contributed by atoms with Gasteiger partial charge >= 0.3 is 6.03 Å². The number of para-hydroxylation sites is 1. The number of anilines is 1. The predicted octanol–water partition coefficient (Wildman–Crippen LogP) is 4.60. The zero-order valence-electron chi connectivity index (χ0n) is 19.1. The molecule has 34 heavy (non-hydrogen) atoms. The van der Waals surface area contributed by atoms with Gasteiger partial charge in [0.1, 0.15) is 5.75 Å². The Kier molecular flexibility index (Phi) is 6.88. The van der Waals surface area contributed by atoms with E-state index in [0.717, 1.165) is 11.1 Å². The Morgan fingerprint density at radius 3 is 2.32 bits per heavy atom. The molecule has 4 rings (SSSR count). The normalized spacial score (nSPS) is 11.4. The van der Waals surface area contributed by atoms with Gasteiger partial charge in [-0.15, -0.1) is 0 Å². The molecule has 3 aromatic carbocycles. The van der Waals surface area contributed by atoms with Crippen LogP contribution in [0.15, 0.2) is 83.8 Å². The second kappa shape index (κ2) is 10.0. The lowest BCUT2D eigenvalue weighted by atomic mass is 10.2. The predicted molar refractivity (Wildman–Crippen MR) is 134 cm³/mol. The van der Waals surface area contributed by atoms with Gasteiger partial charge in [0, 0.05) is 35.4 Å². The average Bonchev–Trinajstić information content (AvgIpc) is 3.12. The minimum atomic E-state index is -3.65. The highest BCUT2D eigenvalue weighted by atomic mass is 32.2. The van der Waals surface area contributed by atoms with E-state index in [9.17, 15) is 13.2 Å². The Labute approximate surface area is 199 Å². The standard InChI is InChI=1S/C26H27N3O4S/c1-19-25(23-10-6-7-11-24(23)29(19)18-20-8-4-3-5-9-20)34(31,32)17-16-27-26(30)28-21-12-14-22(33-2)15-13-21/h3-15H,16-18H2,1-2H3,(H2,27,28,30). The van der Waals surface area contributed by atoms with Crippen molar-refractivity contribution in [3.05, 3.63) is 90.1 Å². The van der Waals surface area contributed by atoms with Crippen LogP contribution >= 0.6 is 0 Å². The first-order valence-electron chi connectivity index (χ1n) is 10.9. The van der Waals surface area contributed by atoms with Crippen molar-refractivity contribution in [2.24, 2.45) is 0 Å². The van der Waals surface area contributed by atoms with Gasteiger partial charge in [-0.05, 0) is 42.8 Å². The first-order chi connectivity index (χ1) is 16.4. The van der Waals surface area contributed by atoms with Crippen molar-refractivity contribution in [3.63, 3.8) is 0 Å². The van der Waals surface area contributed by atoms with Crippen LogP contribution in [0.1, 0.15) is 11.3 Å². The molecule has 1 aromatic heterocycles. The van der Waals surface area contributed by atoms with Crippen LogP contribution in [0.25, 0.3) is 10.9 Å². The highest BCUT2D eigenvalue weighted by Crippen LogP contribution is 2.31. The van der Waals surface area contributed by atoms with Crippen LogP contribution < -0.4 is 15.4 Å². The van der Waals surface area contributed by atoms with Gasteiger partial charge in [0.25, 0.3) is 0 Å². The van der Waals surface area contributed by atoms with Gasteiger partial charge in [-0.2, -0.15) is 0 Å². The molecule has 0 atom stereocenters. The van der Waals surface area contributed by atoms with E-state index in [1.165, 1.54) is 0 Å². The molecule has 2 N–H and O–H groups in total. The topological polar surface area (TPSA) is 89.4 Å². The smallest absolute Gasteiger partial charge is 0.319 e. The molecule has 0 fully saturated rings. The summed E-state index contributed by atoms with van der Waals surface area (Å²) in [5.41, 5.74) is 3.23. The van der Waals surface area contributed by atoms with Crippen LogP contribution in [-0.2, 0) is 16.4 Å². The van der Waals surface area contributed by atoms with Gasteiger partial charge in [-0.1, -0.05) is 48.5 Å². The zero-order valence-corrected chi connectivity index (χ0v) is 19.9. The lowest BCUT2D eigenvalue weighted by Gasteiger charge is -2.10. The van der Waals surface area contributed by atoms with E-state index in [4.69, 9.17) is 4.74 Å². The van der Waals surface area contributed by atoms with Crippen molar-refractivity contribution in [3.8, 4) is 5.75 Å². The molecule has 0 saturated carbocycles. The van der Waals surface area contributed by atoms with Crippen LogP contribution in [0.5, 0.6) is 5.75 Å². The van der Waals surface area contributed by atoms with E-state index in [-0.39, 0.29) is 12.3 Å². The number of methoxy groups -OCH3 is 1. The third kappa shape index (κ3) is 5.07. The van der Waals surface area contributed by atoms with E-state index in [2.05, 4.69) is 10.6 Å². The Hall–Kier alpha value is -3.78. The molecule has 0 bridgehead atoms. The molecular weight excluding hydrogens is 450 g/mol. The Balaban J connectivity index is 1.49. The minimum Gasteiger partial charge on any atom is -0.497 e. The molecule has 1 heterocycles. The van der Waals surface area contributed by atoms with Crippen LogP contribution in [0.4, 0.5) is 10.5 Å². The maximum absolute atomic E-state index is 13.3. The number of aromatic nitrogens is 1. The van der Waals surface area contributed by atoms with Crippen LogP contribution in [0.3, 0.4) is 0 Å². The molecule has 2 amide bonds. The van der Waals surface area contributed by atoms with Gasteiger partial charge in [0.15, 0.2) is 9.84 Å². The monoisotopic (exact) mass is 477 g/mol. The number of benzene rings is 3. The van der Waals surface area contributed by atoms with E-state index in [0.29, 0.717) is 34.0 Å². The number of ether oxygens (including phenoxy) is 1. The van der Waals surface area contributed by atoms with Gasteiger partial charge in [-0.25, -0.2) is 13.2 Å². The largest absolute Gasteiger partial charge is 0.497 e. The highest BCUT2D eigenvalue weighted by Gasteiger charge is 2.25. The average molecular weight is 478 g/mol. The number of nitrogens with zero attached hydrogens (tertiary/aromatic N) is 1. The molecule has 7 nitrogen and oxygen atoms in total. The van der Waals surface area contributed by atoms with Crippen LogP contribution in [0, 0.1) is 6.92 Å². The van der Waals surface area contributed by atoms with Gasteiger partial charge < -0.3 is 19.9 Å². The summed E-state index contributed by atoms with van der Waals surface area (Å²) >= 11 is 0. The molecular formula is C26H27N3O4S. The summed E-state index contributed by atoms with van der Waals surface area (Å²) in [5.74, 6) is 0.474. The van der Waals surface area contributed by atoms with E-state index in [1.807, 2.05) is 66.1 Å². The molecule has 0 spiro atoms. The fourth-order valence-electron chi connectivity index (χ4n) is 4.01. The van der Waals surface area contributed by atoms with E-state index < -0.39 is 15.9 Å². The number of rotatable bonds is 8. The molecule has 0 aliphatic rings. The summed E-state index contributed by atoms with van der Waals surface area (Å²) < 4.78 is 33.8. The molecule has 0 unspecified atom stereocenters. The molecule has 0 saturated heterocycles. The van der Waals surface area contributed by atoms with Crippen molar-refractivity contribution in [2.45, 2.75) is 18.4 Å². The van der Waals surface area contributed by atoms with Crippen LogP contribution in [-0.4, -0.2) is 38.4 Å². The first kappa shape index (κ1) is 23.4. The fourth-order valence-corrected chi connectivity index (χ4v) is 5.65. The van der Waals surface area contributed by atoms with Crippen molar-refractivity contribution < 1.29 is 17.9 Å². The van der Waals surface area contributed by atoms with Crippen molar-refractivity contribution in [1.82, 2.24) is 9.88 Å². The summed E-state index contributed by atoms with van der Waals surface area (Å²) in [5, 5.41) is 6.01. The molecule has 176 valence electrons. The lowest BCUT2D eigenvalue weighted by molar-refractivity contribution is 0.252. The van der Waals surface area contributed by atoms with Crippen LogP contribution in [0.2, 0.25) is 0 Å². The molecule has 0 aliphatic carbocycles. The van der Waals surface area contributed by atoms with Gasteiger partial charge in [0.05, 0.1) is 17.8 Å². The Morgan fingerprint density at radius 1 is 0.941 bits per heavy atom. The number of fused-ring (bicyclic) bond motifs is 1. The second-order valence-corrected chi connectivity index (χ2v) is 9.98. The number of amides is 2. The summed E-state index contributed by atoms with van der Waals surface area (Å²) in [6.45, 7) is 2.40. The Morgan fingerprint density at radius 2 is 1.62 bits per heavy atom. The minimum absolute atomic E-state index is 0.0120. The van der Waals surface area contributed by atoms with Crippen molar-refractivity contribution in [1.29, 1.82) is 0 Å². The molecule has 4 aromatic rings. The van der Waals surface area contributed by atoms with E-state index in [1.54, 1.807) is 31.4 Å². The van der Waals surface area contributed by atoms with E-state index >= 15 is 0 Å². The van der Waals surface area contributed by atoms with Gasteiger partial charge in [-0.3, -0.25) is 0 Å². The number of hydrogen-bond donors (Lipinski definition) is 2. The first-order valence-corrected chi connectivity index (χ1v) is 12.6. The third-order valence-corrected chi connectivity index (χ3v) is 7.55. The number of carbonyl (C=O) groups is 1. The zero-order chi connectivity index (χ0) is 24.1. The third-order valence-electron chi connectivity index (χ3n) is 5.67. The number of nitrogens with one attached hydrogen (secondary N) is 2. The summed E-state index contributed by atoms with van der Waals surface area (Å²) in [4.78, 5) is 12.5. The van der Waals surface area contributed by atoms with Gasteiger partial charge in [0.2, 0.25) is 0 Å². The van der Waals surface area contributed by atoms with Crippen molar-refractivity contribution in [2.75, 3.05) is 24.7 Å². The fraction of sp³-hybridized carbons (Fsp3) is 0.192. The molecule has 0 radical (unpaired) electrons. The quantitative estimate of drug-likeness (QED) is 0.388. The lowest BCUT2D eigenvalue weighted by Crippen LogP contribution is -2.32. The highest BCUT2D eigenvalue weighted by molar-refractivity contribution is 7.91. The summed E-state index contributed by atoms with van der Waals surface area (Å²) in [6, 6.07) is 23.9. The number of sulfone groups is 1. The summed E-state index contributed by atoms with van der Waals surface area (Å²) in [6.07, 6.45) is 0. The SMILES string of the molecule is COc1ccc(NC(=O)NCCS(=O)(=O)c2c(C)n(Cc3ccccc3)c3ccccc23)cc1. The summed E-state index contributed by atoms with van der Waals surface area (Å²) in [7, 11) is -2.08. The number of hydrogen-bond acceptors (Lipinski definition) is 4. The molecule has 8 heteroatoms. The maximum atomic E-state index is 13.3.